The second-order valence-corrected chi connectivity index (χ2v) is 7.56. The number of benzene rings is 3. The molecule has 0 bridgehead atoms. The highest BCUT2D eigenvalue weighted by Gasteiger charge is 2.19. The molecule has 0 unspecified atom stereocenters. The van der Waals surface area contributed by atoms with Crippen LogP contribution in [0.1, 0.15) is 29.5 Å². The van der Waals surface area contributed by atoms with Gasteiger partial charge in [-0.15, -0.1) is 0 Å². The molecule has 0 radical (unpaired) electrons. The van der Waals surface area contributed by atoms with E-state index in [-0.39, 0.29) is 6.29 Å². The Bertz CT molecular complexity index is 1200. The van der Waals surface area contributed by atoms with Gasteiger partial charge < -0.3 is 19.5 Å². The number of aromatic nitrogens is 1. The molecule has 0 amide bonds. The molecule has 2 N–H and O–H groups in total. The van der Waals surface area contributed by atoms with Gasteiger partial charge in [-0.05, 0) is 35.0 Å². The number of rotatable bonds is 4. The average molecular weight is 399 g/mol. The van der Waals surface area contributed by atoms with Crippen LogP contribution >= 0.6 is 0 Å². The van der Waals surface area contributed by atoms with Gasteiger partial charge in [0.1, 0.15) is 0 Å². The summed E-state index contributed by atoms with van der Waals surface area (Å²) in [5, 5.41) is 22.7. The molecule has 5 nitrogen and oxygen atoms in total. The highest BCUT2D eigenvalue weighted by atomic mass is 16.7. The fourth-order valence-electron chi connectivity index (χ4n) is 4.13. The monoisotopic (exact) mass is 399 g/mol. The van der Waals surface area contributed by atoms with Crippen molar-refractivity contribution < 1.29 is 19.5 Å². The van der Waals surface area contributed by atoms with Crippen LogP contribution < -0.4 is 5.46 Å². The van der Waals surface area contributed by atoms with E-state index in [1.54, 1.807) is 12.1 Å². The molecular formula is C24H22BNO4. The Kier molecular flexibility index (Phi) is 5.23. The third kappa shape index (κ3) is 3.59. The summed E-state index contributed by atoms with van der Waals surface area (Å²) < 4.78 is 11.5. The maximum absolute atomic E-state index is 9.73. The second kappa shape index (κ2) is 8.16. The van der Waals surface area contributed by atoms with E-state index < -0.39 is 7.12 Å². The lowest BCUT2D eigenvalue weighted by Gasteiger charge is -2.23. The fraction of sp³-hybridized carbons (Fsp3) is 0.208. The Labute approximate surface area is 175 Å². The average Bonchev–Trinajstić information content (AvgIpc) is 2.80. The third-order valence-electron chi connectivity index (χ3n) is 5.59. The topological polar surface area (TPSA) is 71.8 Å². The van der Waals surface area contributed by atoms with Crippen LogP contribution in [0, 0.1) is 0 Å². The van der Waals surface area contributed by atoms with Crippen molar-refractivity contribution >= 4 is 34.3 Å². The van der Waals surface area contributed by atoms with Crippen LogP contribution in [0.4, 0.5) is 0 Å². The van der Waals surface area contributed by atoms with Gasteiger partial charge in [-0.1, -0.05) is 54.6 Å². The van der Waals surface area contributed by atoms with Crippen LogP contribution in [0.15, 0.2) is 66.7 Å². The van der Waals surface area contributed by atoms with Crippen LogP contribution in [-0.4, -0.2) is 35.4 Å². The summed E-state index contributed by atoms with van der Waals surface area (Å²) in [5.74, 6) is 0. The van der Waals surface area contributed by atoms with Gasteiger partial charge in [-0.2, -0.15) is 0 Å². The molecule has 30 heavy (non-hydrogen) atoms. The third-order valence-corrected chi connectivity index (χ3v) is 5.59. The van der Waals surface area contributed by atoms with Crippen molar-refractivity contribution in [1.29, 1.82) is 0 Å². The highest BCUT2D eigenvalue weighted by Crippen LogP contribution is 2.31. The smallest absolute Gasteiger partial charge is 0.423 e. The molecule has 1 aliphatic heterocycles. The quantitative estimate of drug-likeness (QED) is 0.408. The molecule has 1 aliphatic rings. The van der Waals surface area contributed by atoms with Crippen molar-refractivity contribution in [2.45, 2.75) is 19.1 Å². The largest absolute Gasteiger partial charge is 0.488 e. The van der Waals surface area contributed by atoms with Crippen LogP contribution in [0.3, 0.4) is 0 Å². The summed E-state index contributed by atoms with van der Waals surface area (Å²) in [6, 6.07) is 21.7. The Hall–Kier alpha value is -2.77. The predicted molar refractivity (Wildman–Crippen MR) is 118 cm³/mol. The summed E-state index contributed by atoms with van der Waals surface area (Å²) in [6.07, 6.45) is 1.10. The van der Waals surface area contributed by atoms with E-state index in [2.05, 4.69) is 18.2 Å². The minimum Gasteiger partial charge on any atom is -0.423 e. The highest BCUT2D eigenvalue weighted by molar-refractivity contribution is 6.59. The first-order valence-electron chi connectivity index (χ1n) is 10.2. The molecular weight excluding hydrogens is 377 g/mol. The first kappa shape index (κ1) is 19.2. The molecule has 0 saturated carbocycles. The fourth-order valence-corrected chi connectivity index (χ4v) is 4.13. The molecule has 0 atom stereocenters. The molecule has 2 heterocycles. The normalized spacial score (nSPS) is 15.0. The Morgan fingerprint density at radius 1 is 0.867 bits per heavy atom. The SMILES string of the molecule is OB(O)c1ccccc1Cc1nc2ccc(C3OCCCO3)cc2c2ccccc12. The van der Waals surface area contributed by atoms with Crippen molar-refractivity contribution in [1.82, 2.24) is 4.98 Å². The molecule has 3 aromatic carbocycles. The predicted octanol–water partition coefficient (Wildman–Crippen LogP) is 3.09. The second-order valence-electron chi connectivity index (χ2n) is 7.56. The van der Waals surface area contributed by atoms with Crippen molar-refractivity contribution in [2.24, 2.45) is 0 Å². The Balaban J connectivity index is 1.63. The Morgan fingerprint density at radius 3 is 2.40 bits per heavy atom. The molecule has 4 aromatic rings. The van der Waals surface area contributed by atoms with Crippen LogP contribution in [-0.2, 0) is 15.9 Å². The van der Waals surface area contributed by atoms with Gasteiger partial charge >= 0.3 is 7.12 Å². The molecule has 5 rings (SSSR count). The molecule has 6 heteroatoms. The lowest BCUT2D eigenvalue weighted by atomic mass is 9.76. The molecule has 0 spiro atoms. The number of ether oxygens (including phenoxy) is 2. The van der Waals surface area contributed by atoms with Gasteiger partial charge in [0.05, 0.1) is 24.4 Å². The van der Waals surface area contributed by atoms with Gasteiger partial charge in [-0.3, -0.25) is 4.98 Å². The summed E-state index contributed by atoms with van der Waals surface area (Å²) in [5.41, 5.74) is 4.15. The minimum atomic E-state index is -1.51. The summed E-state index contributed by atoms with van der Waals surface area (Å²) >= 11 is 0. The van der Waals surface area contributed by atoms with Crippen molar-refractivity contribution in [2.75, 3.05) is 13.2 Å². The maximum atomic E-state index is 9.73. The molecule has 1 saturated heterocycles. The van der Waals surface area contributed by atoms with Gasteiger partial charge in [0.25, 0.3) is 0 Å². The zero-order valence-electron chi connectivity index (χ0n) is 16.5. The molecule has 1 aromatic heterocycles. The van der Waals surface area contributed by atoms with Crippen molar-refractivity contribution in [3.05, 3.63) is 83.6 Å². The van der Waals surface area contributed by atoms with E-state index in [4.69, 9.17) is 14.5 Å². The standard InChI is InChI=1S/C24H22BNO4/c27-25(28)21-9-4-1-6-16(21)15-23-19-8-3-2-7-18(19)20-14-17(10-11-22(20)26-23)24-29-12-5-13-30-24/h1-4,6-11,14,24,27-28H,5,12-13,15H2. The van der Waals surface area contributed by atoms with Gasteiger partial charge in [0.15, 0.2) is 6.29 Å². The number of hydrogen-bond donors (Lipinski definition) is 2. The maximum Gasteiger partial charge on any atom is 0.488 e. The summed E-state index contributed by atoms with van der Waals surface area (Å²) in [6.45, 7) is 1.41. The number of fused-ring (bicyclic) bond motifs is 3. The van der Waals surface area contributed by atoms with E-state index in [9.17, 15) is 10.0 Å². The lowest BCUT2D eigenvalue weighted by molar-refractivity contribution is -0.182. The van der Waals surface area contributed by atoms with Crippen LogP contribution in [0.5, 0.6) is 0 Å². The lowest BCUT2D eigenvalue weighted by Crippen LogP contribution is -2.33. The summed E-state index contributed by atoms with van der Waals surface area (Å²) in [4.78, 5) is 4.94. The van der Waals surface area contributed by atoms with E-state index in [1.807, 2.05) is 36.4 Å². The number of hydrogen-bond acceptors (Lipinski definition) is 5. The zero-order chi connectivity index (χ0) is 20.5. The van der Waals surface area contributed by atoms with Crippen LogP contribution in [0.25, 0.3) is 21.7 Å². The van der Waals surface area contributed by atoms with E-state index in [1.165, 1.54) is 0 Å². The number of nitrogens with zero attached hydrogens (tertiary/aromatic N) is 1. The van der Waals surface area contributed by atoms with E-state index in [0.717, 1.165) is 44.9 Å². The van der Waals surface area contributed by atoms with Gasteiger partial charge in [-0.25, -0.2) is 0 Å². The zero-order valence-corrected chi connectivity index (χ0v) is 16.5. The first-order valence-corrected chi connectivity index (χ1v) is 10.2. The Morgan fingerprint density at radius 2 is 1.60 bits per heavy atom. The van der Waals surface area contributed by atoms with Crippen molar-refractivity contribution in [3.63, 3.8) is 0 Å². The van der Waals surface area contributed by atoms with Crippen molar-refractivity contribution in [3.8, 4) is 0 Å². The number of pyridine rings is 1. The molecule has 150 valence electrons. The molecule has 0 aliphatic carbocycles. The minimum absolute atomic E-state index is 0.334. The van der Waals surface area contributed by atoms with Crippen LogP contribution in [0.2, 0.25) is 0 Å². The summed E-state index contributed by atoms with van der Waals surface area (Å²) in [7, 11) is -1.51. The van der Waals surface area contributed by atoms with E-state index in [0.29, 0.717) is 25.1 Å². The molecule has 1 fully saturated rings. The first-order chi connectivity index (χ1) is 14.7. The van der Waals surface area contributed by atoms with E-state index >= 15 is 0 Å². The van der Waals surface area contributed by atoms with Gasteiger partial charge in [0.2, 0.25) is 0 Å². The van der Waals surface area contributed by atoms with Gasteiger partial charge in [0, 0.05) is 22.8 Å².